The van der Waals surface area contributed by atoms with Crippen molar-refractivity contribution in [1.29, 1.82) is 0 Å². The predicted octanol–water partition coefficient (Wildman–Crippen LogP) is 6.07. The highest BCUT2D eigenvalue weighted by molar-refractivity contribution is 6.62. The monoisotopic (exact) mass is 540 g/mol. The molecule has 0 radical (unpaired) electrons. The summed E-state index contributed by atoms with van der Waals surface area (Å²) in [6.45, 7) is 17.0. The Hall–Kier alpha value is -1.59. The van der Waals surface area contributed by atoms with Crippen LogP contribution in [0.5, 0.6) is 0 Å². The minimum atomic E-state index is -0.319. The Morgan fingerprint density at radius 2 is 0.800 bits per heavy atom. The van der Waals surface area contributed by atoms with Crippen molar-refractivity contribution in [2.45, 2.75) is 127 Å². The van der Waals surface area contributed by atoms with E-state index in [1.165, 1.54) is 49.7 Å². The van der Waals surface area contributed by atoms with Gasteiger partial charge in [-0.05, 0) is 139 Å². The van der Waals surface area contributed by atoms with Gasteiger partial charge in [-0.15, -0.1) is 0 Å². The van der Waals surface area contributed by atoms with Crippen LogP contribution in [0.15, 0.2) is 48.5 Å². The highest BCUT2D eigenvalue weighted by Crippen LogP contribution is 2.66. The summed E-state index contributed by atoms with van der Waals surface area (Å²) in [5.41, 5.74) is 4.54. The molecule has 0 atom stereocenters. The number of benzene rings is 2. The van der Waals surface area contributed by atoms with Crippen LogP contribution < -0.4 is 10.9 Å². The molecule has 0 amide bonds. The van der Waals surface area contributed by atoms with Gasteiger partial charge in [-0.2, -0.15) is 0 Å². The Balaban J connectivity index is 1.14. The lowest BCUT2D eigenvalue weighted by molar-refractivity contribution is -0.0281. The van der Waals surface area contributed by atoms with Crippen molar-refractivity contribution in [3.05, 3.63) is 59.7 Å². The minimum Gasteiger partial charge on any atom is -0.399 e. The fourth-order valence-corrected chi connectivity index (χ4v) is 8.88. The quantitative estimate of drug-likeness (QED) is 0.441. The van der Waals surface area contributed by atoms with Gasteiger partial charge in [0.15, 0.2) is 0 Å². The first-order valence-electron chi connectivity index (χ1n) is 15.6. The van der Waals surface area contributed by atoms with Crippen molar-refractivity contribution in [1.82, 2.24) is 0 Å². The van der Waals surface area contributed by atoms with Crippen molar-refractivity contribution in [2.75, 3.05) is 0 Å². The van der Waals surface area contributed by atoms with Crippen LogP contribution in [-0.2, 0) is 29.4 Å². The summed E-state index contributed by atoms with van der Waals surface area (Å²) in [6, 6.07) is 18.6. The van der Waals surface area contributed by atoms with Crippen molar-refractivity contribution in [3.8, 4) is 0 Å². The average molecular weight is 540 g/mol. The van der Waals surface area contributed by atoms with Gasteiger partial charge in [0.1, 0.15) is 0 Å². The molecule has 0 aromatic heterocycles. The summed E-state index contributed by atoms with van der Waals surface area (Å²) < 4.78 is 25.4. The first-order chi connectivity index (χ1) is 18.6. The summed E-state index contributed by atoms with van der Waals surface area (Å²) in [7, 11) is -0.603. The van der Waals surface area contributed by atoms with E-state index in [-0.39, 0.29) is 47.5 Å². The normalized spacial score (nSPS) is 36.4. The van der Waals surface area contributed by atoms with Gasteiger partial charge in [0.2, 0.25) is 0 Å². The van der Waals surface area contributed by atoms with E-state index in [1.54, 1.807) is 0 Å². The summed E-state index contributed by atoms with van der Waals surface area (Å²) in [6.07, 6.45) is 7.96. The first-order valence-corrected chi connectivity index (χ1v) is 15.6. The topological polar surface area (TPSA) is 36.9 Å². The number of hydrogen-bond acceptors (Lipinski definition) is 4. The second-order valence-corrected chi connectivity index (χ2v) is 15.9. The van der Waals surface area contributed by atoms with Gasteiger partial charge >= 0.3 is 14.2 Å². The van der Waals surface area contributed by atoms with Gasteiger partial charge in [0.25, 0.3) is 0 Å². The molecule has 6 fully saturated rings. The third-order valence-corrected chi connectivity index (χ3v) is 12.2. The van der Waals surface area contributed by atoms with Gasteiger partial charge in [-0.3, -0.25) is 0 Å². The summed E-state index contributed by atoms with van der Waals surface area (Å²) in [5.74, 6) is 1.62. The Morgan fingerprint density at radius 1 is 0.500 bits per heavy atom. The molecule has 2 saturated heterocycles. The highest BCUT2D eigenvalue weighted by Gasteiger charge is 2.59. The molecule has 40 heavy (non-hydrogen) atoms. The van der Waals surface area contributed by atoms with E-state index in [4.69, 9.17) is 18.6 Å². The predicted molar refractivity (Wildman–Crippen MR) is 162 cm³/mol. The first kappa shape index (κ1) is 27.3. The van der Waals surface area contributed by atoms with E-state index in [9.17, 15) is 0 Å². The van der Waals surface area contributed by atoms with Crippen LogP contribution in [0.2, 0.25) is 0 Å². The van der Waals surface area contributed by atoms with E-state index < -0.39 is 0 Å². The Morgan fingerprint density at radius 3 is 1.10 bits per heavy atom. The molecule has 2 heterocycles. The molecule has 4 bridgehead atoms. The number of hydrogen-bond donors (Lipinski definition) is 0. The molecular weight excluding hydrogens is 494 g/mol. The van der Waals surface area contributed by atoms with Crippen LogP contribution in [0, 0.1) is 11.8 Å². The van der Waals surface area contributed by atoms with Crippen LogP contribution in [0.25, 0.3) is 0 Å². The van der Waals surface area contributed by atoms with Crippen molar-refractivity contribution in [3.63, 3.8) is 0 Å². The second kappa shape index (κ2) is 8.49. The molecule has 0 unspecified atom stereocenters. The Kier molecular flexibility index (Phi) is 5.79. The van der Waals surface area contributed by atoms with Crippen LogP contribution in [0.3, 0.4) is 0 Å². The smallest absolute Gasteiger partial charge is 0.399 e. The van der Waals surface area contributed by atoms with Gasteiger partial charge < -0.3 is 18.6 Å². The molecule has 2 aromatic carbocycles. The Labute approximate surface area is 242 Å². The maximum Gasteiger partial charge on any atom is 0.494 e. The van der Waals surface area contributed by atoms with Gasteiger partial charge in [0, 0.05) is 0 Å². The summed E-state index contributed by atoms with van der Waals surface area (Å²) in [5, 5.41) is 0. The largest absolute Gasteiger partial charge is 0.494 e. The highest BCUT2D eigenvalue weighted by atomic mass is 16.7. The molecule has 212 valence electrons. The molecule has 6 heteroatoms. The van der Waals surface area contributed by atoms with Crippen molar-refractivity contribution < 1.29 is 18.6 Å². The van der Waals surface area contributed by atoms with Crippen LogP contribution in [0.4, 0.5) is 0 Å². The van der Waals surface area contributed by atoms with E-state index in [1.807, 2.05) is 0 Å². The molecule has 2 aromatic rings. The standard InChI is InChI=1S/C34H46B2O4/c1-29(2)30(3,4)38-35(37-29)27-13-9-25(10-14-27)33-18-23-17-24(19-33)21-34(20-23,22-33)26-11-15-28(16-12-26)36-39-31(5,6)32(7,8)40-36/h9-16,23-24H,17-22H2,1-8H3. The molecule has 0 spiro atoms. The van der Waals surface area contributed by atoms with E-state index in [0.29, 0.717) is 0 Å². The molecule has 2 aliphatic heterocycles. The maximum atomic E-state index is 6.34. The minimum absolute atomic E-state index is 0.267. The van der Waals surface area contributed by atoms with Crippen molar-refractivity contribution in [2.24, 2.45) is 11.8 Å². The molecule has 4 aliphatic carbocycles. The SMILES string of the molecule is CC1(C)OB(c2ccc(C34CC5CC(C3)CC(c3ccc(B6OC(C)(C)C(C)(C)O6)cc3)(C5)C4)cc2)OC1(C)C. The van der Waals surface area contributed by atoms with Crippen LogP contribution >= 0.6 is 0 Å². The molecule has 6 aliphatic rings. The fourth-order valence-electron chi connectivity index (χ4n) is 8.88. The lowest BCUT2D eigenvalue weighted by Crippen LogP contribution is -2.56. The molecular formula is C34H46B2O4. The van der Waals surface area contributed by atoms with Crippen molar-refractivity contribution >= 4 is 25.2 Å². The lowest BCUT2D eigenvalue weighted by atomic mass is 9.41. The molecule has 4 saturated carbocycles. The zero-order valence-corrected chi connectivity index (χ0v) is 25.8. The lowest BCUT2D eigenvalue weighted by Gasteiger charge is -2.63. The fraction of sp³-hybridized carbons (Fsp3) is 0.647. The van der Waals surface area contributed by atoms with E-state index in [2.05, 4.69) is 104 Å². The molecule has 8 rings (SSSR count). The zero-order valence-electron chi connectivity index (χ0n) is 25.8. The van der Waals surface area contributed by atoms with Crippen LogP contribution in [0.1, 0.15) is 105 Å². The number of rotatable bonds is 4. The Bertz CT molecular complexity index is 1150. The maximum absolute atomic E-state index is 6.34. The third-order valence-electron chi connectivity index (χ3n) is 12.2. The van der Waals surface area contributed by atoms with Crippen LogP contribution in [-0.4, -0.2) is 36.6 Å². The molecule has 4 nitrogen and oxygen atoms in total. The molecule has 0 N–H and O–H groups in total. The summed E-state index contributed by atoms with van der Waals surface area (Å²) in [4.78, 5) is 0. The zero-order chi connectivity index (χ0) is 28.3. The van der Waals surface area contributed by atoms with E-state index in [0.717, 1.165) is 22.8 Å². The van der Waals surface area contributed by atoms with Gasteiger partial charge in [-0.1, -0.05) is 48.5 Å². The summed E-state index contributed by atoms with van der Waals surface area (Å²) >= 11 is 0. The third kappa shape index (κ3) is 4.03. The van der Waals surface area contributed by atoms with Gasteiger partial charge in [-0.25, -0.2) is 0 Å². The average Bonchev–Trinajstić information content (AvgIpc) is 3.23. The van der Waals surface area contributed by atoms with E-state index >= 15 is 0 Å². The van der Waals surface area contributed by atoms with Gasteiger partial charge in [0.05, 0.1) is 22.4 Å². The second-order valence-electron chi connectivity index (χ2n) is 15.9.